The van der Waals surface area contributed by atoms with E-state index in [2.05, 4.69) is 5.32 Å². The molecule has 0 saturated carbocycles. The summed E-state index contributed by atoms with van der Waals surface area (Å²) in [5.74, 6) is -0.462. The zero-order valence-electron chi connectivity index (χ0n) is 14.9. The van der Waals surface area contributed by atoms with Gasteiger partial charge in [-0.05, 0) is 55.7 Å². The van der Waals surface area contributed by atoms with Crippen molar-refractivity contribution < 1.29 is 14.0 Å². The van der Waals surface area contributed by atoms with Gasteiger partial charge in [-0.25, -0.2) is 0 Å². The van der Waals surface area contributed by atoms with Gasteiger partial charge in [0.25, 0.3) is 5.91 Å². The zero-order chi connectivity index (χ0) is 18.8. The Bertz CT molecular complexity index is 1060. The van der Waals surface area contributed by atoms with E-state index in [-0.39, 0.29) is 17.0 Å². The molecule has 3 rings (SSSR count). The van der Waals surface area contributed by atoms with Crippen molar-refractivity contribution in [3.8, 4) is 0 Å². The number of Topliss-reactive ketones (excluding diaryl/α,β-unsaturated/α-hetero) is 1. The third kappa shape index (κ3) is 3.72. The van der Waals surface area contributed by atoms with Crippen LogP contribution in [0.2, 0.25) is 0 Å². The van der Waals surface area contributed by atoms with Crippen LogP contribution in [0.25, 0.3) is 11.0 Å². The number of amides is 1. The Labute approximate surface area is 150 Å². The number of anilines is 1. The topological polar surface area (TPSA) is 76.4 Å². The number of ketones is 1. The lowest BCUT2D eigenvalue weighted by molar-refractivity contribution is -0.116. The predicted octanol–water partition coefficient (Wildman–Crippen LogP) is 3.79. The van der Waals surface area contributed by atoms with Gasteiger partial charge in [-0.2, -0.15) is 0 Å². The van der Waals surface area contributed by atoms with E-state index in [1.54, 1.807) is 30.3 Å². The largest absolute Gasteiger partial charge is 0.450 e. The van der Waals surface area contributed by atoms with Gasteiger partial charge < -0.3 is 9.73 Å². The van der Waals surface area contributed by atoms with Crippen LogP contribution in [-0.2, 0) is 11.2 Å². The second kappa shape index (κ2) is 6.96. The summed E-state index contributed by atoms with van der Waals surface area (Å²) in [4.78, 5) is 35.9. The SMILES string of the molecule is CC(=O)Cc1ccc(NC(=O)c2cc(=O)c3cc(C)cc(C)c3o2)cc1. The average Bonchev–Trinajstić information content (AvgIpc) is 2.57. The Morgan fingerprint density at radius 3 is 2.38 bits per heavy atom. The van der Waals surface area contributed by atoms with E-state index in [1.807, 2.05) is 19.9 Å². The van der Waals surface area contributed by atoms with Crippen molar-refractivity contribution in [1.29, 1.82) is 0 Å². The van der Waals surface area contributed by atoms with Crippen LogP contribution in [-0.4, -0.2) is 11.7 Å². The fourth-order valence-corrected chi connectivity index (χ4v) is 2.91. The third-order valence-corrected chi connectivity index (χ3v) is 4.05. The van der Waals surface area contributed by atoms with Gasteiger partial charge in [0.15, 0.2) is 11.2 Å². The van der Waals surface area contributed by atoms with Crippen molar-refractivity contribution in [2.24, 2.45) is 0 Å². The molecule has 0 atom stereocenters. The summed E-state index contributed by atoms with van der Waals surface area (Å²) in [5, 5.41) is 3.17. The molecule has 0 radical (unpaired) electrons. The fraction of sp³-hybridized carbons (Fsp3) is 0.190. The molecule has 0 saturated heterocycles. The van der Waals surface area contributed by atoms with Crippen molar-refractivity contribution in [3.05, 3.63) is 75.1 Å². The molecule has 3 aromatic rings. The Kier molecular flexibility index (Phi) is 4.71. The summed E-state index contributed by atoms with van der Waals surface area (Å²) in [5.41, 5.74) is 3.37. The lowest BCUT2D eigenvalue weighted by atomic mass is 10.1. The summed E-state index contributed by atoms with van der Waals surface area (Å²) in [6.45, 7) is 5.27. The molecule has 132 valence electrons. The van der Waals surface area contributed by atoms with Crippen LogP contribution in [0.1, 0.15) is 34.2 Å². The molecule has 1 aromatic heterocycles. The monoisotopic (exact) mass is 349 g/mol. The van der Waals surface area contributed by atoms with E-state index in [1.165, 1.54) is 13.0 Å². The van der Waals surface area contributed by atoms with E-state index in [0.717, 1.165) is 16.7 Å². The number of hydrogen-bond donors (Lipinski definition) is 1. The van der Waals surface area contributed by atoms with Crippen molar-refractivity contribution >= 4 is 28.3 Å². The molecule has 5 heteroatoms. The van der Waals surface area contributed by atoms with Crippen LogP contribution in [0.4, 0.5) is 5.69 Å². The minimum Gasteiger partial charge on any atom is -0.450 e. The summed E-state index contributed by atoms with van der Waals surface area (Å²) >= 11 is 0. The molecule has 2 aromatic carbocycles. The van der Waals surface area contributed by atoms with Gasteiger partial charge in [-0.15, -0.1) is 0 Å². The molecule has 1 N–H and O–H groups in total. The lowest BCUT2D eigenvalue weighted by Gasteiger charge is -2.08. The number of benzene rings is 2. The molecule has 0 aliphatic heterocycles. The van der Waals surface area contributed by atoms with Gasteiger partial charge in [-0.1, -0.05) is 18.2 Å². The van der Waals surface area contributed by atoms with E-state index in [9.17, 15) is 14.4 Å². The highest BCUT2D eigenvalue weighted by Crippen LogP contribution is 2.20. The highest BCUT2D eigenvalue weighted by Gasteiger charge is 2.14. The van der Waals surface area contributed by atoms with Crippen LogP contribution < -0.4 is 10.7 Å². The van der Waals surface area contributed by atoms with Crippen molar-refractivity contribution in [2.75, 3.05) is 5.32 Å². The minimum atomic E-state index is -0.497. The molecular weight excluding hydrogens is 330 g/mol. The van der Waals surface area contributed by atoms with Gasteiger partial charge in [0.2, 0.25) is 0 Å². The molecule has 1 heterocycles. The van der Waals surface area contributed by atoms with Crippen LogP contribution in [0, 0.1) is 13.8 Å². The minimum absolute atomic E-state index is 0.0396. The maximum atomic E-state index is 12.5. The Morgan fingerprint density at radius 2 is 1.73 bits per heavy atom. The van der Waals surface area contributed by atoms with Crippen molar-refractivity contribution in [3.63, 3.8) is 0 Å². The van der Waals surface area contributed by atoms with E-state index in [0.29, 0.717) is 23.1 Å². The van der Waals surface area contributed by atoms with Crippen LogP contribution in [0.15, 0.2) is 51.7 Å². The Morgan fingerprint density at radius 1 is 1.04 bits per heavy atom. The standard InChI is InChI=1S/C21H19NO4/c1-12-8-13(2)20-17(9-12)18(24)11-19(26-20)21(25)22-16-6-4-15(5-7-16)10-14(3)23/h4-9,11H,10H2,1-3H3,(H,22,25). The highest BCUT2D eigenvalue weighted by atomic mass is 16.3. The molecule has 0 fully saturated rings. The molecule has 0 bridgehead atoms. The second-order valence-corrected chi connectivity index (χ2v) is 6.46. The quantitative estimate of drug-likeness (QED) is 0.777. The zero-order valence-corrected chi connectivity index (χ0v) is 14.9. The first-order valence-corrected chi connectivity index (χ1v) is 8.28. The van der Waals surface area contributed by atoms with Crippen molar-refractivity contribution in [2.45, 2.75) is 27.2 Å². The first-order valence-electron chi connectivity index (χ1n) is 8.28. The number of carbonyl (C=O) groups excluding carboxylic acids is 2. The fourth-order valence-electron chi connectivity index (χ4n) is 2.91. The number of aryl methyl sites for hydroxylation is 2. The van der Waals surface area contributed by atoms with Crippen LogP contribution in [0.3, 0.4) is 0 Å². The van der Waals surface area contributed by atoms with Gasteiger partial charge in [0.1, 0.15) is 11.4 Å². The molecule has 26 heavy (non-hydrogen) atoms. The molecule has 0 aliphatic rings. The third-order valence-electron chi connectivity index (χ3n) is 4.05. The highest BCUT2D eigenvalue weighted by molar-refractivity contribution is 6.03. The number of fused-ring (bicyclic) bond motifs is 1. The molecule has 0 unspecified atom stereocenters. The van der Waals surface area contributed by atoms with E-state index < -0.39 is 5.91 Å². The summed E-state index contributed by atoms with van der Waals surface area (Å²) in [6.07, 6.45) is 0.354. The van der Waals surface area contributed by atoms with Gasteiger partial charge in [0.05, 0.1) is 5.39 Å². The average molecular weight is 349 g/mol. The number of carbonyl (C=O) groups is 2. The van der Waals surface area contributed by atoms with Crippen LogP contribution >= 0.6 is 0 Å². The first-order chi connectivity index (χ1) is 12.3. The first kappa shape index (κ1) is 17.6. The van der Waals surface area contributed by atoms with Crippen molar-refractivity contribution in [1.82, 2.24) is 0 Å². The van der Waals surface area contributed by atoms with Crippen LogP contribution in [0.5, 0.6) is 0 Å². The van der Waals surface area contributed by atoms with E-state index >= 15 is 0 Å². The summed E-state index contributed by atoms with van der Waals surface area (Å²) in [7, 11) is 0. The number of nitrogens with one attached hydrogen (secondary N) is 1. The van der Waals surface area contributed by atoms with E-state index in [4.69, 9.17) is 4.42 Å². The normalized spacial score (nSPS) is 10.7. The summed E-state index contributed by atoms with van der Waals surface area (Å²) in [6, 6.07) is 11.8. The van der Waals surface area contributed by atoms with Gasteiger partial charge in [-0.3, -0.25) is 14.4 Å². The second-order valence-electron chi connectivity index (χ2n) is 6.46. The predicted molar refractivity (Wildman–Crippen MR) is 101 cm³/mol. The molecule has 0 aliphatic carbocycles. The molecule has 1 amide bonds. The summed E-state index contributed by atoms with van der Waals surface area (Å²) < 4.78 is 5.68. The molecule has 5 nitrogen and oxygen atoms in total. The number of hydrogen-bond acceptors (Lipinski definition) is 4. The van der Waals surface area contributed by atoms with Gasteiger partial charge >= 0.3 is 0 Å². The molecule has 0 spiro atoms. The Hall–Kier alpha value is -3.21. The number of rotatable bonds is 4. The molecular formula is C21H19NO4. The maximum absolute atomic E-state index is 12.5. The Balaban J connectivity index is 1.88. The van der Waals surface area contributed by atoms with Gasteiger partial charge in [0, 0.05) is 18.2 Å². The maximum Gasteiger partial charge on any atom is 0.291 e. The smallest absolute Gasteiger partial charge is 0.291 e. The lowest BCUT2D eigenvalue weighted by Crippen LogP contribution is -2.15.